The van der Waals surface area contributed by atoms with Crippen molar-refractivity contribution in [2.45, 2.75) is 39.7 Å². The normalized spacial score (nSPS) is 21.4. The molecular weight excluding hydrogens is 274 g/mol. The molecule has 1 atom stereocenters. The first-order valence-corrected chi connectivity index (χ1v) is 8.27. The highest BCUT2D eigenvalue weighted by atomic mass is 32.1. The molecule has 1 aliphatic carbocycles. The molecule has 0 aromatic carbocycles. The Morgan fingerprint density at radius 2 is 2.11 bits per heavy atom. The van der Waals surface area contributed by atoms with Gasteiger partial charge in [0.1, 0.15) is 0 Å². The third kappa shape index (κ3) is 2.47. The Bertz CT molecular complexity index is 598. The van der Waals surface area contributed by atoms with E-state index < -0.39 is 0 Å². The summed E-state index contributed by atoms with van der Waals surface area (Å²) in [6.45, 7) is 6.69. The topological polar surface area (TPSA) is 37.8 Å². The van der Waals surface area contributed by atoms with E-state index in [2.05, 4.69) is 29.5 Å². The summed E-state index contributed by atoms with van der Waals surface area (Å²) in [7, 11) is 2.04. The van der Waals surface area contributed by atoms with Crippen LogP contribution in [-0.2, 0) is 6.42 Å². The third-order valence-corrected chi connectivity index (χ3v) is 5.91. The summed E-state index contributed by atoms with van der Waals surface area (Å²) in [5.74, 6) is 0. The molecule has 0 fully saturated rings. The Morgan fingerprint density at radius 1 is 1.32 bits per heavy atom. The van der Waals surface area contributed by atoms with Crippen molar-refractivity contribution in [3.05, 3.63) is 21.6 Å². The third-order valence-electron chi connectivity index (χ3n) is 3.60. The highest BCUT2D eigenvalue weighted by Crippen LogP contribution is 2.44. The number of hydrogen-bond acceptors (Lipinski definition) is 5. The number of aromatic nitrogens is 2. The molecule has 1 aliphatic rings. The highest BCUT2D eigenvalue weighted by molar-refractivity contribution is 7.20. The van der Waals surface area contributed by atoms with Crippen molar-refractivity contribution in [1.29, 1.82) is 0 Å². The fraction of sp³-hybridized carbons (Fsp3) is 0.571. The van der Waals surface area contributed by atoms with Crippen LogP contribution >= 0.6 is 22.7 Å². The van der Waals surface area contributed by atoms with Crippen LogP contribution in [0.3, 0.4) is 0 Å². The van der Waals surface area contributed by atoms with Gasteiger partial charge in [-0.15, -0.1) is 22.7 Å². The molecular formula is C14H19N3S2. The first kappa shape index (κ1) is 13.2. The van der Waals surface area contributed by atoms with Gasteiger partial charge in [0.15, 0.2) is 10.0 Å². The fourth-order valence-electron chi connectivity index (χ4n) is 2.71. The molecule has 19 heavy (non-hydrogen) atoms. The van der Waals surface area contributed by atoms with Gasteiger partial charge < -0.3 is 5.32 Å². The van der Waals surface area contributed by atoms with Crippen LogP contribution in [0.2, 0.25) is 0 Å². The Balaban J connectivity index is 2.02. The van der Waals surface area contributed by atoms with Gasteiger partial charge in [-0.1, -0.05) is 13.8 Å². The Hall–Kier alpha value is -0.780. The molecule has 3 nitrogen and oxygen atoms in total. The lowest BCUT2D eigenvalue weighted by atomic mass is 9.76. The maximum absolute atomic E-state index is 4.85. The van der Waals surface area contributed by atoms with Gasteiger partial charge in [0.2, 0.25) is 0 Å². The molecule has 3 rings (SSSR count). The highest BCUT2D eigenvalue weighted by Gasteiger charge is 2.34. The predicted octanol–water partition coefficient (Wildman–Crippen LogP) is 3.81. The first-order chi connectivity index (χ1) is 8.98. The molecule has 5 heteroatoms. The number of nitrogens with one attached hydrogen (secondary N) is 1. The molecule has 0 amide bonds. The van der Waals surface area contributed by atoms with E-state index in [0.29, 0.717) is 11.5 Å². The van der Waals surface area contributed by atoms with Crippen LogP contribution in [0.25, 0.3) is 10.0 Å². The first-order valence-electron chi connectivity index (χ1n) is 6.58. The van der Waals surface area contributed by atoms with E-state index in [1.165, 1.54) is 17.0 Å². The number of thiazole rings is 2. The molecule has 0 saturated heterocycles. The van der Waals surface area contributed by atoms with Crippen molar-refractivity contribution in [2.24, 2.45) is 5.41 Å². The lowest BCUT2D eigenvalue weighted by molar-refractivity contribution is 0.265. The van der Waals surface area contributed by atoms with Gasteiger partial charge in [-0.25, -0.2) is 9.97 Å². The number of hydrogen-bond donors (Lipinski definition) is 1. The Labute approximate surface area is 122 Å². The minimum Gasteiger partial charge on any atom is -0.312 e. The average Bonchev–Trinajstić information content (AvgIpc) is 2.92. The molecule has 2 heterocycles. The van der Waals surface area contributed by atoms with Gasteiger partial charge in [0.05, 0.1) is 5.69 Å². The largest absolute Gasteiger partial charge is 0.312 e. The van der Waals surface area contributed by atoms with Crippen LogP contribution in [-0.4, -0.2) is 17.0 Å². The number of nitrogens with zero attached hydrogens (tertiary/aromatic N) is 2. The van der Waals surface area contributed by atoms with E-state index in [0.717, 1.165) is 22.1 Å². The number of aryl methyl sites for hydroxylation is 1. The van der Waals surface area contributed by atoms with E-state index in [4.69, 9.17) is 4.98 Å². The average molecular weight is 293 g/mol. The van der Waals surface area contributed by atoms with E-state index in [1.54, 1.807) is 11.3 Å². The van der Waals surface area contributed by atoms with Crippen LogP contribution in [0.4, 0.5) is 0 Å². The van der Waals surface area contributed by atoms with E-state index >= 15 is 0 Å². The predicted molar refractivity (Wildman–Crippen MR) is 81.9 cm³/mol. The molecule has 0 aliphatic heterocycles. The van der Waals surface area contributed by atoms with Crippen molar-refractivity contribution in [1.82, 2.24) is 15.3 Å². The molecule has 1 unspecified atom stereocenters. The van der Waals surface area contributed by atoms with Crippen molar-refractivity contribution in [3.63, 3.8) is 0 Å². The van der Waals surface area contributed by atoms with Crippen LogP contribution in [0.1, 0.15) is 42.6 Å². The van der Waals surface area contributed by atoms with Crippen molar-refractivity contribution in [3.8, 4) is 10.0 Å². The quantitative estimate of drug-likeness (QED) is 0.915. The lowest BCUT2D eigenvalue weighted by Crippen LogP contribution is -2.30. The van der Waals surface area contributed by atoms with Gasteiger partial charge >= 0.3 is 0 Å². The van der Waals surface area contributed by atoms with Crippen LogP contribution < -0.4 is 5.32 Å². The van der Waals surface area contributed by atoms with E-state index in [9.17, 15) is 0 Å². The summed E-state index contributed by atoms with van der Waals surface area (Å²) in [6.07, 6.45) is 2.25. The van der Waals surface area contributed by atoms with Crippen molar-refractivity contribution >= 4 is 22.7 Å². The zero-order chi connectivity index (χ0) is 13.6. The lowest BCUT2D eigenvalue weighted by Gasteiger charge is -2.34. The molecule has 102 valence electrons. The number of fused-ring (bicyclic) bond motifs is 1. The van der Waals surface area contributed by atoms with E-state index in [-0.39, 0.29) is 0 Å². The number of rotatable bonds is 2. The van der Waals surface area contributed by atoms with Gasteiger partial charge in [0.25, 0.3) is 0 Å². The van der Waals surface area contributed by atoms with Crippen molar-refractivity contribution in [2.75, 3.05) is 7.05 Å². The monoisotopic (exact) mass is 293 g/mol. The minimum atomic E-state index is 0.324. The fourth-order valence-corrected chi connectivity index (χ4v) is 4.73. The SMILES string of the molecule is CNC1CC(C)(C)Cc2nc(-c3nc(C)cs3)sc21. The smallest absolute Gasteiger partial charge is 0.152 e. The zero-order valence-corrected chi connectivity index (χ0v) is 13.4. The van der Waals surface area contributed by atoms with Crippen molar-refractivity contribution < 1.29 is 0 Å². The second-order valence-corrected chi connectivity index (χ2v) is 7.90. The van der Waals surface area contributed by atoms with Gasteiger partial charge in [-0.3, -0.25) is 0 Å². The molecule has 0 spiro atoms. The van der Waals surface area contributed by atoms with Crippen LogP contribution in [0, 0.1) is 12.3 Å². The minimum absolute atomic E-state index is 0.324. The summed E-state index contributed by atoms with van der Waals surface area (Å²) in [6, 6.07) is 0.436. The molecule has 1 N–H and O–H groups in total. The van der Waals surface area contributed by atoms with Crippen LogP contribution in [0.5, 0.6) is 0 Å². The Morgan fingerprint density at radius 3 is 2.74 bits per heavy atom. The summed E-state index contributed by atoms with van der Waals surface area (Å²) in [4.78, 5) is 10.8. The van der Waals surface area contributed by atoms with Crippen LogP contribution in [0.15, 0.2) is 5.38 Å². The standard InChI is InChI=1S/C14H19N3S2/c1-8-7-18-12(16-8)13-17-10-6-14(2,3)5-9(15-4)11(10)19-13/h7,9,15H,5-6H2,1-4H3. The maximum atomic E-state index is 4.85. The molecule has 0 saturated carbocycles. The second-order valence-electron chi connectivity index (χ2n) is 6.01. The summed E-state index contributed by atoms with van der Waals surface area (Å²) in [5, 5.41) is 7.68. The van der Waals surface area contributed by atoms with Gasteiger partial charge in [-0.2, -0.15) is 0 Å². The molecule has 0 radical (unpaired) electrons. The van der Waals surface area contributed by atoms with E-state index in [1.807, 2.05) is 25.3 Å². The van der Waals surface area contributed by atoms with Gasteiger partial charge in [-0.05, 0) is 32.2 Å². The maximum Gasteiger partial charge on any atom is 0.152 e. The summed E-state index contributed by atoms with van der Waals surface area (Å²) >= 11 is 3.50. The Kier molecular flexibility index (Phi) is 3.23. The molecule has 2 aromatic rings. The molecule has 2 aromatic heterocycles. The molecule has 0 bridgehead atoms. The summed E-state index contributed by atoms with van der Waals surface area (Å²) < 4.78 is 0. The zero-order valence-electron chi connectivity index (χ0n) is 11.8. The summed E-state index contributed by atoms with van der Waals surface area (Å²) in [5.41, 5.74) is 2.67. The second kappa shape index (κ2) is 4.65. The van der Waals surface area contributed by atoms with Gasteiger partial charge in [0, 0.05) is 22.0 Å².